The highest BCUT2D eigenvalue weighted by Gasteiger charge is 2.32. The van der Waals surface area contributed by atoms with Gasteiger partial charge in [0, 0.05) is 31.5 Å². The Morgan fingerprint density at radius 3 is 2.78 bits per heavy atom. The Balaban J connectivity index is 1.46. The van der Waals surface area contributed by atoms with Crippen molar-refractivity contribution in [3.8, 4) is 0 Å². The summed E-state index contributed by atoms with van der Waals surface area (Å²) in [6.07, 6.45) is 1.91. The van der Waals surface area contributed by atoms with Crippen LogP contribution in [-0.4, -0.2) is 54.0 Å². The zero-order chi connectivity index (χ0) is 18.8. The predicted octanol–water partition coefficient (Wildman–Crippen LogP) is 0.971. The van der Waals surface area contributed by atoms with Gasteiger partial charge in [0.05, 0.1) is 13.2 Å². The molecule has 1 aromatic carbocycles. The molecule has 2 amide bonds. The lowest BCUT2D eigenvalue weighted by Crippen LogP contribution is -2.52. The number of nitrogens with zero attached hydrogens (tertiary/aromatic N) is 3. The number of carbonyl (C=O) groups is 2. The van der Waals surface area contributed by atoms with E-state index in [1.807, 2.05) is 28.0 Å². The average molecular weight is 366 g/mol. The minimum Gasteiger partial charge on any atom is -0.366 e. The number of hydrogen-bond acceptors (Lipinski definition) is 5. The number of aromatic nitrogens is 1. The fraction of sp³-hybridized carbons (Fsp3) is 0.350. The van der Waals surface area contributed by atoms with Gasteiger partial charge in [0.15, 0.2) is 6.10 Å². The van der Waals surface area contributed by atoms with E-state index in [4.69, 9.17) is 10.5 Å². The third kappa shape index (κ3) is 3.64. The zero-order valence-corrected chi connectivity index (χ0v) is 15.0. The Kier molecular flexibility index (Phi) is 4.77. The van der Waals surface area contributed by atoms with E-state index in [0.29, 0.717) is 32.8 Å². The summed E-state index contributed by atoms with van der Waals surface area (Å²) in [5, 5.41) is 0. The van der Waals surface area contributed by atoms with Gasteiger partial charge < -0.3 is 20.3 Å². The number of morpholine rings is 1. The fourth-order valence-electron chi connectivity index (χ4n) is 3.67. The number of rotatable bonds is 3. The van der Waals surface area contributed by atoms with Gasteiger partial charge in [0.25, 0.3) is 11.8 Å². The van der Waals surface area contributed by atoms with Crippen LogP contribution in [0.1, 0.15) is 21.6 Å². The molecule has 27 heavy (non-hydrogen) atoms. The van der Waals surface area contributed by atoms with Crippen molar-refractivity contribution >= 4 is 17.5 Å². The van der Waals surface area contributed by atoms with E-state index >= 15 is 0 Å². The summed E-state index contributed by atoms with van der Waals surface area (Å²) in [5.74, 6) is -0.553. The van der Waals surface area contributed by atoms with Crippen molar-refractivity contribution in [2.24, 2.45) is 5.73 Å². The van der Waals surface area contributed by atoms with Crippen LogP contribution in [0.5, 0.6) is 0 Å². The number of fused-ring (bicyclic) bond motifs is 1. The van der Waals surface area contributed by atoms with Crippen molar-refractivity contribution in [2.75, 3.05) is 31.1 Å². The zero-order valence-electron chi connectivity index (χ0n) is 15.0. The molecule has 0 radical (unpaired) electrons. The Morgan fingerprint density at radius 1 is 1.15 bits per heavy atom. The van der Waals surface area contributed by atoms with E-state index < -0.39 is 12.0 Å². The molecule has 0 spiro atoms. The first kappa shape index (κ1) is 17.5. The van der Waals surface area contributed by atoms with Crippen molar-refractivity contribution in [1.82, 2.24) is 9.88 Å². The highest BCUT2D eigenvalue weighted by Crippen LogP contribution is 2.22. The number of ether oxygens (including phenoxy) is 1. The van der Waals surface area contributed by atoms with Crippen LogP contribution in [0, 0.1) is 0 Å². The topological polar surface area (TPSA) is 88.8 Å². The Hall–Kier alpha value is -2.93. The van der Waals surface area contributed by atoms with Crippen molar-refractivity contribution in [3.05, 3.63) is 59.4 Å². The first-order chi connectivity index (χ1) is 13.1. The van der Waals surface area contributed by atoms with Gasteiger partial charge >= 0.3 is 0 Å². The molecule has 1 aromatic heterocycles. The van der Waals surface area contributed by atoms with Gasteiger partial charge in [0.1, 0.15) is 5.69 Å². The largest absolute Gasteiger partial charge is 0.366 e. The number of amides is 2. The number of nitrogens with two attached hydrogens (primary N) is 1. The summed E-state index contributed by atoms with van der Waals surface area (Å²) >= 11 is 0. The third-order valence-electron chi connectivity index (χ3n) is 5.15. The maximum Gasteiger partial charge on any atom is 0.267 e. The van der Waals surface area contributed by atoms with E-state index in [1.54, 1.807) is 12.3 Å². The molecule has 0 saturated carbocycles. The summed E-state index contributed by atoms with van der Waals surface area (Å²) in [6, 6.07) is 11.7. The van der Waals surface area contributed by atoms with Gasteiger partial charge in [-0.25, -0.2) is 0 Å². The van der Waals surface area contributed by atoms with Gasteiger partial charge in [-0.3, -0.25) is 14.6 Å². The maximum absolute atomic E-state index is 13.0. The monoisotopic (exact) mass is 366 g/mol. The van der Waals surface area contributed by atoms with E-state index in [9.17, 15) is 9.59 Å². The van der Waals surface area contributed by atoms with Crippen molar-refractivity contribution < 1.29 is 14.3 Å². The average Bonchev–Trinajstić information content (AvgIpc) is 2.73. The molecule has 7 heteroatoms. The van der Waals surface area contributed by atoms with Gasteiger partial charge in [-0.05, 0) is 29.7 Å². The van der Waals surface area contributed by atoms with E-state index in [0.717, 1.165) is 12.1 Å². The van der Waals surface area contributed by atoms with Crippen LogP contribution in [-0.2, 0) is 22.5 Å². The number of carbonyl (C=O) groups excluding carboxylic acids is 2. The molecule has 2 aromatic rings. The summed E-state index contributed by atoms with van der Waals surface area (Å²) in [7, 11) is 0. The van der Waals surface area contributed by atoms with Crippen molar-refractivity contribution in [2.45, 2.75) is 19.1 Å². The molecule has 1 saturated heterocycles. The highest BCUT2D eigenvalue weighted by atomic mass is 16.5. The molecular formula is C20H22N4O3. The summed E-state index contributed by atoms with van der Waals surface area (Å²) in [6.45, 7) is 2.87. The van der Waals surface area contributed by atoms with Crippen molar-refractivity contribution in [3.63, 3.8) is 0 Å². The molecule has 2 N–H and O–H groups in total. The SMILES string of the molecule is NC(=O)c1cc(N2CCOC(C(=O)N3CCc4ccccc4C3)C2)ccn1. The van der Waals surface area contributed by atoms with Crippen LogP contribution >= 0.6 is 0 Å². The van der Waals surface area contributed by atoms with Crippen LogP contribution in [0.4, 0.5) is 5.69 Å². The minimum absolute atomic E-state index is 0.0124. The molecule has 4 rings (SSSR count). The Morgan fingerprint density at radius 2 is 1.96 bits per heavy atom. The van der Waals surface area contributed by atoms with E-state index in [-0.39, 0.29) is 11.6 Å². The van der Waals surface area contributed by atoms with Gasteiger partial charge in [-0.15, -0.1) is 0 Å². The second-order valence-electron chi connectivity index (χ2n) is 6.85. The number of primary amides is 1. The Bertz CT molecular complexity index is 870. The maximum atomic E-state index is 13.0. The van der Waals surface area contributed by atoms with Gasteiger partial charge in [-0.1, -0.05) is 24.3 Å². The van der Waals surface area contributed by atoms with Crippen LogP contribution in [0.2, 0.25) is 0 Å². The quantitative estimate of drug-likeness (QED) is 0.874. The lowest BCUT2D eigenvalue weighted by Gasteiger charge is -2.37. The smallest absolute Gasteiger partial charge is 0.267 e. The predicted molar refractivity (Wildman–Crippen MR) is 100 cm³/mol. The lowest BCUT2D eigenvalue weighted by atomic mass is 9.99. The lowest BCUT2D eigenvalue weighted by molar-refractivity contribution is -0.145. The first-order valence-corrected chi connectivity index (χ1v) is 9.10. The molecule has 7 nitrogen and oxygen atoms in total. The van der Waals surface area contributed by atoms with Crippen molar-refractivity contribution in [1.29, 1.82) is 0 Å². The number of pyridine rings is 1. The molecule has 140 valence electrons. The second-order valence-corrected chi connectivity index (χ2v) is 6.85. The van der Waals surface area contributed by atoms with E-state index in [2.05, 4.69) is 17.1 Å². The normalized spacial score (nSPS) is 19.5. The molecule has 1 unspecified atom stereocenters. The summed E-state index contributed by atoms with van der Waals surface area (Å²) < 4.78 is 5.77. The molecule has 1 atom stereocenters. The van der Waals surface area contributed by atoms with Crippen LogP contribution in [0.3, 0.4) is 0 Å². The Labute approximate surface area is 157 Å². The summed E-state index contributed by atoms with van der Waals surface area (Å²) in [5.41, 5.74) is 8.87. The molecule has 3 heterocycles. The molecular weight excluding hydrogens is 344 g/mol. The minimum atomic E-state index is -0.565. The first-order valence-electron chi connectivity index (χ1n) is 9.10. The fourth-order valence-corrected chi connectivity index (χ4v) is 3.67. The van der Waals surface area contributed by atoms with Gasteiger partial charge in [0.2, 0.25) is 0 Å². The number of anilines is 1. The standard InChI is InChI=1S/C20H22N4O3/c21-19(25)17-11-16(5-7-22-17)23-9-10-27-18(13-23)20(26)24-8-6-14-3-1-2-4-15(14)12-24/h1-5,7,11,18H,6,8-10,12-13H2,(H2,21,25). The molecule has 1 fully saturated rings. The van der Waals surface area contributed by atoms with Crippen LogP contribution in [0.15, 0.2) is 42.6 Å². The molecule has 2 aliphatic rings. The molecule has 2 aliphatic heterocycles. The van der Waals surface area contributed by atoms with Crippen LogP contribution < -0.4 is 10.6 Å². The number of benzene rings is 1. The highest BCUT2D eigenvalue weighted by molar-refractivity contribution is 5.91. The molecule has 0 bridgehead atoms. The third-order valence-corrected chi connectivity index (χ3v) is 5.15. The van der Waals surface area contributed by atoms with Gasteiger partial charge in [-0.2, -0.15) is 0 Å². The second kappa shape index (κ2) is 7.36. The van der Waals surface area contributed by atoms with Crippen LogP contribution in [0.25, 0.3) is 0 Å². The summed E-state index contributed by atoms with van der Waals surface area (Å²) in [4.78, 5) is 32.3. The molecule has 0 aliphatic carbocycles. The van der Waals surface area contributed by atoms with E-state index in [1.165, 1.54) is 11.1 Å². The number of hydrogen-bond donors (Lipinski definition) is 1.